The van der Waals surface area contributed by atoms with E-state index in [1.54, 1.807) is 12.1 Å². The Bertz CT molecular complexity index is 619. The lowest BCUT2D eigenvalue weighted by Gasteiger charge is -2.11. The predicted molar refractivity (Wildman–Crippen MR) is 77.4 cm³/mol. The molecule has 0 radical (unpaired) electrons. The van der Waals surface area contributed by atoms with Crippen molar-refractivity contribution in [2.75, 3.05) is 14.1 Å². The van der Waals surface area contributed by atoms with Crippen molar-refractivity contribution in [1.82, 2.24) is 4.31 Å². The molecule has 116 valence electrons. The van der Waals surface area contributed by atoms with Crippen molar-refractivity contribution < 1.29 is 23.1 Å². The lowest BCUT2D eigenvalue weighted by molar-refractivity contribution is -0.145. The molecule has 1 aromatic carbocycles. The van der Waals surface area contributed by atoms with Crippen LogP contribution in [0, 0.1) is 5.92 Å². The molecule has 1 unspecified atom stereocenters. The molecule has 0 amide bonds. The van der Waals surface area contributed by atoms with E-state index in [0.29, 0.717) is 6.42 Å². The van der Waals surface area contributed by atoms with Crippen LogP contribution in [0.2, 0.25) is 0 Å². The van der Waals surface area contributed by atoms with Gasteiger partial charge in [-0.15, -0.1) is 0 Å². The predicted octanol–water partition coefficient (Wildman–Crippen LogP) is 1.16. The Morgan fingerprint density at radius 2 is 1.71 bits per heavy atom. The van der Waals surface area contributed by atoms with Crippen LogP contribution >= 0.6 is 0 Å². The number of carboxylic acid groups (broad SMARTS) is 1. The van der Waals surface area contributed by atoms with Gasteiger partial charge in [0.1, 0.15) is 11.7 Å². The zero-order valence-corrected chi connectivity index (χ0v) is 13.1. The van der Waals surface area contributed by atoms with Gasteiger partial charge in [0.25, 0.3) is 0 Å². The Balaban J connectivity index is 2.73. The summed E-state index contributed by atoms with van der Waals surface area (Å²) in [5, 5.41) is 8.74. The lowest BCUT2D eigenvalue weighted by Crippen LogP contribution is -2.22. The van der Waals surface area contributed by atoms with Gasteiger partial charge in [-0.3, -0.25) is 9.59 Å². The summed E-state index contributed by atoms with van der Waals surface area (Å²) in [5.41, 5.74) is 0.790. The fourth-order valence-corrected chi connectivity index (χ4v) is 2.56. The number of ketones is 1. The number of carboxylic acids is 1. The maximum absolute atomic E-state index is 11.9. The monoisotopic (exact) mass is 313 g/mol. The minimum Gasteiger partial charge on any atom is -0.481 e. The number of Topliss-reactive ketones (excluding diaryl/α,β-unsaturated/α-hetero) is 1. The number of carbonyl (C=O) groups is 2. The van der Waals surface area contributed by atoms with Gasteiger partial charge < -0.3 is 5.11 Å². The fourth-order valence-electron chi connectivity index (χ4n) is 1.66. The van der Waals surface area contributed by atoms with Crippen molar-refractivity contribution in [3.8, 4) is 0 Å². The molecule has 0 aliphatic rings. The highest BCUT2D eigenvalue weighted by molar-refractivity contribution is 7.89. The van der Waals surface area contributed by atoms with Crippen LogP contribution in [0.15, 0.2) is 29.2 Å². The number of aryl methyl sites for hydroxylation is 1. The Labute approximate surface area is 124 Å². The number of aliphatic carboxylic acids is 1. The molecule has 1 rings (SSSR count). The highest BCUT2D eigenvalue weighted by Gasteiger charge is 2.20. The number of sulfonamides is 1. The molecule has 1 atom stereocenters. The summed E-state index contributed by atoms with van der Waals surface area (Å²) in [6.45, 7) is 1.36. The molecule has 1 aromatic rings. The van der Waals surface area contributed by atoms with Crippen LogP contribution in [-0.4, -0.2) is 43.7 Å². The second-order valence-corrected chi connectivity index (χ2v) is 7.11. The first-order valence-electron chi connectivity index (χ1n) is 6.43. The number of rotatable bonds is 7. The van der Waals surface area contributed by atoms with Crippen molar-refractivity contribution >= 4 is 21.8 Å². The van der Waals surface area contributed by atoms with Gasteiger partial charge >= 0.3 is 5.97 Å². The summed E-state index contributed by atoms with van der Waals surface area (Å²) >= 11 is 0. The summed E-state index contributed by atoms with van der Waals surface area (Å²) < 4.78 is 24.9. The molecule has 0 aromatic heterocycles. The molecule has 0 aliphatic carbocycles. The van der Waals surface area contributed by atoms with Crippen molar-refractivity contribution in [3.63, 3.8) is 0 Å². The second-order valence-electron chi connectivity index (χ2n) is 4.96. The first-order valence-corrected chi connectivity index (χ1v) is 7.87. The third-order valence-electron chi connectivity index (χ3n) is 3.22. The highest BCUT2D eigenvalue weighted by Crippen LogP contribution is 2.15. The Hall–Kier alpha value is -1.73. The number of carbonyl (C=O) groups excluding carboxylic acids is 1. The van der Waals surface area contributed by atoms with Gasteiger partial charge in [-0.05, 0) is 31.0 Å². The van der Waals surface area contributed by atoms with E-state index in [9.17, 15) is 18.0 Å². The second kappa shape index (κ2) is 6.82. The van der Waals surface area contributed by atoms with E-state index in [1.165, 1.54) is 33.2 Å². The zero-order chi connectivity index (χ0) is 16.2. The molecule has 1 N–H and O–H groups in total. The molecule has 7 heteroatoms. The maximum atomic E-state index is 11.9. The summed E-state index contributed by atoms with van der Waals surface area (Å²) in [4.78, 5) is 22.5. The summed E-state index contributed by atoms with van der Waals surface area (Å²) in [5.74, 6) is -2.49. The van der Waals surface area contributed by atoms with E-state index < -0.39 is 21.9 Å². The van der Waals surface area contributed by atoms with Crippen LogP contribution in [0.25, 0.3) is 0 Å². The van der Waals surface area contributed by atoms with E-state index in [2.05, 4.69) is 0 Å². The molecule has 21 heavy (non-hydrogen) atoms. The molecular weight excluding hydrogens is 294 g/mol. The molecule has 0 fully saturated rings. The van der Waals surface area contributed by atoms with Gasteiger partial charge in [-0.2, -0.15) is 0 Å². The zero-order valence-electron chi connectivity index (χ0n) is 12.2. The van der Waals surface area contributed by atoms with Crippen LogP contribution < -0.4 is 0 Å². The number of nitrogens with zero attached hydrogens (tertiary/aromatic N) is 1. The van der Waals surface area contributed by atoms with Crippen molar-refractivity contribution in [3.05, 3.63) is 29.8 Å². The third kappa shape index (κ3) is 4.37. The standard InChI is InChI=1S/C14H19NO5S/c1-10(14(17)18)13(16)9-6-11-4-7-12(8-5-11)21(19,20)15(2)3/h4-5,7-8,10H,6,9H2,1-3H3,(H,17,18). The average molecular weight is 313 g/mol. The van der Waals surface area contributed by atoms with Crippen LogP contribution in [0.1, 0.15) is 18.9 Å². The molecule has 0 saturated heterocycles. The minimum absolute atomic E-state index is 0.118. The molecular formula is C14H19NO5S. The van der Waals surface area contributed by atoms with Crippen LogP contribution in [0.5, 0.6) is 0 Å². The first kappa shape index (κ1) is 17.3. The fraction of sp³-hybridized carbons (Fsp3) is 0.429. The van der Waals surface area contributed by atoms with Crippen LogP contribution in [-0.2, 0) is 26.0 Å². The average Bonchev–Trinajstić information content (AvgIpc) is 2.44. The van der Waals surface area contributed by atoms with Crippen LogP contribution in [0.4, 0.5) is 0 Å². The Morgan fingerprint density at radius 1 is 1.19 bits per heavy atom. The molecule has 6 nitrogen and oxygen atoms in total. The lowest BCUT2D eigenvalue weighted by atomic mass is 10.00. The highest BCUT2D eigenvalue weighted by atomic mass is 32.2. The number of hydrogen-bond donors (Lipinski definition) is 1. The largest absolute Gasteiger partial charge is 0.481 e. The topological polar surface area (TPSA) is 91.7 Å². The smallest absolute Gasteiger partial charge is 0.313 e. The molecule has 0 bridgehead atoms. The van der Waals surface area contributed by atoms with Gasteiger partial charge in [-0.1, -0.05) is 12.1 Å². The van der Waals surface area contributed by atoms with Crippen molar-refractivity contribution in [1.29, 1.82) is 0 Å². The quantitative estimate of drug-likeness (QED) is 0.763. The Morgan fingerprint density at radius 3 is 2.14 bits per heavy atom. The van der Waals surface area contributed by atoms with Crippen molar-refractivity contribution in [2.45, 2.75) is 24.7 Å². The van der Waals surface area contributed by atoms with Gasteiger partial charge in [0, 0.05) is 20.5 Å². The van der Waals surface area contributed by atoms with Gasteiger partial charge in [-0.25, -0.2) is 12.7 Å². The van der Waals surface area contributed by atoms with E-state index >= 15 is 0 Å². The number of hydrogen-bond acceptors (Lipinski definition) is 4. The summed E-state index contributed by atoms with van der Waals surface area (Å²) in [7, 11) is -0.554. The molecule has 0 aliphatic heterocycles. The summed E-state index contributed by atoms with van der Waals surface area (Å²) in [6.07, 6.45) is 0.506. The normalized spacial score (nSPS) is 13.1. The van der Waals surface area contributed by atoms with Gasteiger partial charge in [0.2, 0.25) is 10.0 Å². The molecule has 0 spiro atoms. The third-order valence-corrected chi connectivity index (χ3v) is 5.04. The van der Waals surface area contributed by atoms with E-state index in [1.807, 2.05) is 0 Å². The maximum Gasteiger partial charge on any atom is 0.313 e. The Kier molecular flexibility index (Phi) is 5.62. The summed E-state index contributed by atoms with van der Waals surface area (Å²) in [6, 6.07) is 6.23. The molecule has 0 saturated carbocycles. The van der Waals surface area contributed by atoms with Gasteiger partial charge in [0.15, 0.2) is 0 Å². The number of benzene rings is 1. The minimum atomic E-state index is -3.46. The van der Waals surface area contributed by atoms with Crippen LogP contribution in [0.3, 0.4) is 0 Å². The first-order chi connectivity index (χ1) is 9.66. The van der Waals surface area contributed by atoms with Gasteiger partial charge in [0.05, 0.1) is 4.90 Å². The van der Waals surface area contributed by atoms with E-state index in [4.69, 9.17) is 5.11 Å². The van der Waals surface area contributed by atoms with E-state index in [0.717, 1.165) is 9.87 Å². The van der Waals surface area contributed by atoms with Crippen molar-refractivity contribution in [2.24, 2.45) is 5.92 Å². The molecule has 0 heterocycles. The SMILES string of the molecule is CC(C(=O)O)C(=O)CCc1ccc(S(=O)(=O)N(C)C)cc1. The van der Waals surface area contributed by atoms with E-state index in [-0.39, 0.29) is 17.1 Å².